The molecule has 0 aliphatic carbocycles. The minimum absolute atomic E-state index is 0.0164. The molecule has 0 radical (unpaired) electrons. The van der Waals surface area contributed by atoms with Gasteiger partial charge in [0.25, 0.3) is 0 Å². The van der Waals surface area contributed by atoms with Crippen LogP contribution in [0.25, 0.3) is 0 Å². The highest BCUT2D eigenvalue weighted by Crippen LogP contribution is 2.26. The monoisotopic (exact) mass is 362 g/mol. The Labute approximate surface area is 138 Å². The van der Waals surface area contributed by atoms with Crippen LogP contribution in [0.3, 0.4) is 0 Å². The molecule has 0 saturated heterocycles. The largest absolute Gasteiger partial charge is 0.573 e. The van der Waals surface area contributed by atoms with Crippen molar-refractivity contribution in [3.63, 3.8) is 0 Å². The van der Waals surface area contributed by atoms with E-state index in [9.17, 15) is 22.8 Å². The fourth-order valence-corrected chi connectivity index (χ4v) is 1.77. The highest BCUT2D eigenvalue weighted by atomic mass is 32.1. The van der Waals surface area contributed by atoms with Crippen LogP contribution in [0.2, 0.25) is 0 Å². The lowest BCUT2D eigenvalue weighted by Crippen LogP contribution is -2.26. The number of urea groups is 1. The maximum absolute atomic E-state index is 12.2. The Bertz CT molecular complexity index is 762. The Hall–Kier alpha value is -2.82. The van der Waals surface area contributed by atoms with Crippen LogP contribution in [-0.2, 0) is 0 Å². The summed E-state index contributed by atoms with van der Waals surface area (Å²) in [6.07, 6.45) is -3.87. The number of anilines is 2. The number of alkyl halides is 3. The molecule has 1 aromatic heterocycles. The van der Waals surface area contributed by atoms with Crippen LogP contribution >= 0.6 is 12.8 Å². The normalized spacial score (nSPS) is 11.0. The number of amides is 2. The number of benzene rings is 1. The first-order chi connectivity index (χ1) is 11.2. The van der Waals surface area contributed by atoms with Gasteiger partial charge in [-0.3, -0.25) is 0 Å². The number of nitrogens with zero attached hydrogens (tertiary/aromatic N) is 1. The summed E-state index contributed by atoms with van der Waals surface area (Å²) in [6, 6.07) is 4.82. The molecular formula is C13H9F3N2O5S. The van der Waals surface area contributed by atoms with Crippen molar-refractivity contribution in [3.05, 3.63) is 42.4 Å². The van der Waals surface area contributed by atoms with E-state index in [1.807, 2.05) is 0 Å². The molecule has 1 heterocycles. The molecule has 2 aromatic rings. The number of aromatic carboxylic acids is 1. The van der Waals surface area contributed by atoms with Gasteiger partial charge in [0.2, 0.25) is 5.76 Å². The second-order valence-electron chi connectivity index (χ2n) is 4.29. The number of thiol groups is 1. The van der Waals surface area contributed by atoms with Gasteiger partial charge in [0.1, 0.15) is 12.0 Å². The van der Waals surface area contributed by atoms with E-state index < -0.39 is 29.9 Å². The Kier molecular flexibility index (Phi) is 4.93. The first-order valence-corrected chi connectivity index (χ1v) is 6.53. The molecule has 1 aromatic carbocycles. The number of halogens is 3. The standard InChI is InChI=1S/C13H9F3N2O5S/c14-13(15,16)23-9-3-1-2-7(4-9)17-12(21)18(24)8-5-10(11(19)20)22-6-8/h1-6,24H,(H,17,21)(H,19,20). The van der Waals surface area contributed by atoms with Crippen LogP contribution in [0.5, 0.6) is 5.75 Å². The summed E-state index contributed by atoms with van der Waals surface area (Å²) in [4.78, 5) is 22.7. The average Bonchev–Trinajstić information content (AvgIpc) is 2.94. The van der Waals surface area contributed by atoms with Crippen molar-refractivity contribution in [2.24, 2.45) is 0 Å². The van der Waals surface area contributed by atoms with Crippen molar-refractivity contribution in [1.82, 2.24) is 0 Å². The number of carboxylic acids is 1. The molecule has 11 heteroatoms. The van der Waals surface area contributed by atoms with Crippen molar-refractivity contribution in [2.75, 3.05) is 9.62 Å². The number of furan rings is 1. The molecule has 0 bridgehead atoms. The summed E-state index contributed by atoms with van der Waals surface area (Å²) in [7, 11) is 0. The summed E-state index contributed by atoms with van der Waals surface area (Å²) in [5.41, 5.74) is 0.0404. The number of hydrogen-bond donors (Lipinski definition) is 3. The summed E-state index contributed by atoms with van der Waals surface area (Å²) < 4.78 is 45.7. The summed E-state index contributed by atoms with van der Waals surface area (Å²) >= 11 is 3.88. The maximum atomic E-state index is 12.2. The Morgan fingerprint density at radius 1 is 1.29 bits per heavy atom. The quantitative estimate of drug-likeness (QED) is 0.721. The Morgan fingerprint density at radius 3 is 2.58 bits per heavy atom. The smallest absolute Gasteiger partial charge is 0.475 e. The lowest BCUT2D eigenvalue weighted by Gasteiger charge is -2.15. The van der Waals surface area contributed by atoms with Gasteiger partial charge in [0, 0.05) is 17.8 Å². The van der Waals surface area contributed by atoms with Gasteiger partial charge in [-0.1, -0.05) is 18.9 Å². The second-order valence-corrected chi connectivity index (χ2v) is 4.69. The zero-order chi connectivity index (χ0) is 17.9. The number of carbonyl (C=O) groups is 2. The molecule has 2 rings (SSSR count). The summed E-state index contributed by atoms with van der Waals surface area (Å²) in [5, 5.41) is 11.0. The van der Waals surface area contributed by atoms with Gasteiger partial charge in [-0.2, -0.15) is 0 Å². The third-order valence-electron chi connectivity index (χ3n) is 2.55. The SMILES string of the molecule is O=C(O)c1cc(N(S)C(=O)Nc2cccc(OC(F)(F)F)c2)co1. The van der Waals surface area contributed by atoms with Crippen LogP contribution in [-0.4, -0.2) is 23.5 Å². The van der Waals surface area contributed by atoms with Crippen LogP contribution in [0.4, 0.5) is 29.3 Å². The first-order valence-electron chi connectivity index (χ1n) is 6.13. The molecule has 128 valence electrons. The molecule has 0 saturated carbocycles. The van der Waals surface area contributed by atoms with Crippen LogP contribution < -0.4 is 14.4 Å². The lowest BCUT2D eigenvalue weighted by atomic mass is 10.3. The van der Waals surface area contributed by atoms with Gasteiger partial charge in [-0.15, -0.1) is 13.2 Å². The van der Waals surface area contributed by atoms with Crippen molar-refractivity contribution in [1.29, 1.82) is 0 Å². The number of hydrogen-bond acceptors (Lipinski definition) is 5. The van der Waals surface area contributed by atoms with Crippen molar-refractivity contribution < 1.29 is 37.0 Å². The molecule has 24 heavy (non-hydrogen) atoms. The van der Waals surface area contributed by atoms with Gasteiger partial charge in [0.15, 0.2) is 0 Å². The zero-order valence-electron chi connectivity index (χ0n) is 11.6. The fraction of sp³-hybridized carbons (Fsp3) is 0.0769. The summed E-state index contributed by atoms with van der Waals surface area (Å²) in [6.45, 7) is 0. The number of carboxylic acid groups (broad SMARTS) is 1. The molecule has 0 unspecified atom stereocenters. The third kappa shape index (κ3) is 4.59. The van der Waals surface area contributed by atoms with Gasteiger partial charge in [-0.25, -0.2) is 13.9 Å². The minimum Gasteiger partial charge on any atom is -0.475 e. The molecule has 0 aliphatic heterocycles. The maximum Gasteiger partial charge on any atom is 0.573 e. The first kappa shape index (κ1) is 17.5. The van der Waals surface area contributed by atoms with Gasteiger partial charge in [0.05, 0.1) is 5.69 Å². The van der Waals surface area contributed by atoms with E-state index in [-0.39, 0.29) is 11.4 Å². The van der Waals surface area contributed by atoms with Gasteiger partial charge >= 0.3 is 18.4 Å². The number of carbonyl (C=O) groups excluding carboxylic acids is 1. The van der Waals surface area contributed by atoms with E-state index in [1.54, 1.807) is 0 Å². The Morgan fingerprint density at radius 2 is 2.00 bits per heavy atom. The van der Waals surface area contributed by atoms with E-state index in [4.69, 9.17) is 9.52 Å². The molecule has 0 fully saturated rings. The van der Waals surface area contributed by atoms with E-state index >= 15 is 0 Å². The predicted octanol–water partition coefficient (Wildman–Crippen LogP) is 3.76. The minimum atomic E-state index is -4.86. The van der Waals surface area contributed by atoms with Crippen molar-refractivity contribution in [2.45, 2.75) is 6.36 Å². The third-order valence-corrected chi connectivity index (χ3v) is 2.96. The summed E-state index contributed by atoms with van der Waals surface area (Å²) in [5.74, 6) is -2.25. The lowest BCUT2D eigenvalue weighted by molar-refractivity contribution is -0.274. The number of nitrogens with one attached hydrogen (secondary N) is 1. The van der Waals surface area contributed by atoms with Crippen molar-refractivity contribution >= 4 is 36.2 Å². The highest BCUT2D eigenvalue weighted by molar-refractivity contribution is 7.82. The number of ether oxygens (including phenoxy) is 1. The molecule has 7 nitrogen and oxygen atoms in total. The van der Waals surface area contributed by atoms with Gasteiger partial charge < -0.3 is 19.6 Å². The molecule has 2 amide bonds. The van der Waals surface area contributed by atoms with E-state index in [2.05, 4.69) is 22.9 Å². The highest BCUT2D eigenvalue weighted by Gasteiger charge is 2.31. The van der Waals surface area contributed by atoms with Crippen LogP contribution in [0.1, 0.15) is 10.6 Å². The second kappa shape index (κ2) is 6.74. The zero-order valence-corrected chi connectivity index (χ0v) is 12.5. The predicted molar refractivity (Wildman–Crippen MR) is 79.3 cm³/mol. The molecule has 0 spiro atoms. The van der Waals surface area contributed by atoms with E-state index in [1.165, 1.54) is 12.1 Å². The fourth-order valence-electron chi connectivity index (χ4n) is 1.61. The molecular weight excluding hydrogens is 353 g/mol. The topological polar surface area (TPSA) is 92.0 Å². The van der Waals surface area contributed by atoms with Crippen LogP contribution in [0, 0.1) is 0 Å². The van der Waals surface area contributed by atoms with Gasteiger partial charge in [-0.05, 0) is 12.1 Å². The number of rotatable bonds is 4. The Balaban J connectivity index is 2.08. The van der Waals surface area contributed by atoms with Crippen LogP contribution in [0.15, 0.2) is 41.0 Å². The van der Waals surface area contributed by atoms with Crippen molar-refractivity contribution in [3.8, 4) is 5.75 Å². The average molecular weight is 362 g/mol. The van der Waals surface area contributed by atoms with E-state index in [0.29, 0.717) is 0 Å². The molecule has 2 N–H and O–H groups in total. The molecule has 0 aliphatic rings. The molecule has 0 atom stereocenters. The van der Waals surface area contributed by atoms with E-state index in [0.717, 1.165) is 28.8 Å².